The number of hydrogen-bond donors (Lipinski definition) is 0. The number of aryl methyl sites for hydroxylation is 1. The molecule has 126 valence electrons. The maximum Gasteiger partial charge on any atom is 0.259 e. The van der Waals surface area contributed by atoms with Gasteiger partial charge in [-0.2, -0.15) is 0 Å². The largest absolute Gasteiger partial charge is 0.383 e. The van der Waals surface area contributed by atoms with Crippen LogP contribution in [0.4, 0.5) is 5.13 Å². The average Bonchev–Trinajstić information content (AvgIpc) is 3.21. The van der Waals surface area contributed by atoms with Gasteiger partial charge in [-0.3, -0.25) is 9.69 Å². The van der Waals surface area contributed by atoms with Crippen molar-refractivity contribution in [3.8, 4) is 0 Å². The summed E-state index contributed by atoms with van der Waals surface area (Å²) in [6, 6.07) is 5.89. The van der Waals surface area contributed by atoms with Crippen LogP contribution in [0.5, 0.6) is 0 Å². The molecule has 3 rings (SSSR count). The summed E-state index contributed by atoms with van der Waals surface area (Å²) in [7, 11) is 3.46. The Hall–Kier alpha value is -2.18. The Morgan fingerprint density at radius 1 is 1.38 bits per heavy atom. The number of fused-ring (bicyclic) bond motifs is 1. The molecule has 0 radical (unpaired) electrons. The molecular weight excluding hydrogens is 322 g/mol. The van der Waals surface area contributed by atoms with Crippen molar-refractivity contribution < 1.29 is 9.53 Å². The normalized spacial score (nSPS) is 11.2. The minimum atomic E-state index is -0.0476. The molecule has 2 aromatic heterocycles. The van der Waals surface area contributed by atoms with Crippen LogP contribution < -0.4 is 4.90 Å². The fourth-order valence-corrected chi connectivity index (χ4v) is 3.52. The molecule has 6 heteroatoms. The Labute approximate surface area is 145 Å². The first-order chi connectivity index (χ1) is 11.5. The molecule has 0 atom stereocenters. The highest BCUT2D eigenvalue weighted by molar-refractivity contribution is 7.13. The smallest absolute Gasteiger partial charge is 0.259 e. The van der Waals surface area contributed by atoms with Crippen LogP contribution in [-0.4, -0.2) is 36.2 Å². The SMILES string of the molecule is COCCn1c(C)c(C)c2cc(C(=O)N(C)c3nccs3)ccc21. The van der Waals surface area contributed by atoms with E-state index in [0.29, 0.717) is 17.3 Å². The average molecular weight is 343 g/mol. The van der Waals surface area contributed by atoms with E-state index in [0.717, 1.165) is 17.4 Å². The number of ether oxygens (including phenoxy) is 1. The summed E-state index contributed by atoms with van der Waals surface area (Å²) in [4.78, 5) is 18.5. The van der Waals surface area contributed by atoms with Gasteiger partial charge in [-0.1, -0.05) is 0 Å². The molecule has 0 aliphatic heterocycles. The van der Waals surface area contributed by atoms with Crippen LogP contribution in [0.25, 0.3) is 10.9 Å². The van der Waals surface area contributed by atoms with E-state index in [9.17, 15) is 4.79 Å². The maximum absolute atomic E-state index is 12.7. The molecule has 3 aromatic rings. The van der Waals surface area contributed by atoms with Crippen LogP contribution in [0.3, 0.4) is 0 Å². The number of benzene rings is 1. The molecule has 5 nitrogen and oxygen atoms in total. The fourth-order valence-electron chi connectivity index (χ4n) is 2.92. The summed E-state index contributed by atoms with van der Waals surface area (Å²) in [5, 5.41) is 3.68. The number of aromatic nitrogens is 2. The van der Waals surface area contributed by atoms with Crippen molar-refractivity contribution >= 4 is 33.3 Å². The Morgan fingerprint density at radius 3 is 2.83 bits per heavy atom. The van der Waals surface area contributed by atoms with Gasteiger partial charge in [-0.15, -0.1) is 11.3 Å². The number of carbonyl (C=O) groups is 1. The summed E-state index contributed by atoms with van der Waals surface area (Å²) in [5.74, 6) is -0.0476. The zero-order valence-corrected chi connectivity index (χ0v) is 15.2. The summed E-state index contributed by atoms with van der Waals surface area (Å²) in [6.45, 7) is 5.67. The first-order valence-electron chi connectivity index (χ1n) is 7.80. The van der Waals surface area contributed by atoms with Crippen LogP contribution >= 0.6 is 11.3 Å². The maximum atomic E-state index is 12.7. The molecule has 0 fully saturated rings. The molecule has 0 aliphatic rings. The lowest BCUT2D eigenvalue weighted by Gasteiger charge is -2.14. The fraction of sp³-hybridized carbons (Fsp3) is 0.333. The number of nitrogens with zero attached hydrogens (tertiary/aromatic N) is 3. The van der Waals surface area contributed by atoms with Crippen molar-refractivity contribution in [3.63, 3.8) is 0 Å². The molecule has 0 unspecified atom stereocenters. The van der Waals surface area contributed by atoms with E-state index in [1.165, 1.54) is 22.6 Å². The first kappa shape index (κ1) is 16.7. The quantitative estimate of drug-likeness (QED) is 0.710. The number of methoxy groups -OCH3 is 1. The second kappa shape index (κ2) is 6.75. The van der Waals surface area contributed by atoms with Gasteiger partial charge >= 0.3 is 0 Å². The van der Waals surface area contributed by atoms with Gasteiger partial charge in [0.05, 0.1) is 6.61 Å². The first-order valence-corrected chi connectivity index (χ1v) is 8.68. The Morgan fingerprint density at radius 2 is 2.17 bits per heavy atom. The van der Waals surface area contributed by atoms with Crippen LogP contribution in [0.2, 0.25) is 0 Å². The highest BCUT2D eigenvalue weighted by Crippen LogP contribution is 2.27. The van der Waals surface area contributed by atoms with Crippen molar-refractivity contribution in [2.45, 2.75) is 20.4 Å². The third-order valence-electron chi connectivity index (χ3n) is 4.42. The lowest BCUT2D eigenvalue weighted by atomic mass is 10.1. The molecule has 1 amide bonds. The van der Waals surface area contributed by atoms with Crippen molar-refractivity contribution in [1.82, 2.24) is 9.55 Å². The minimum Gasteiger partial charge on any atom is -0.383 e. The van der Waals surface area contributed by atoms with E-state index in [1.807, 2.05) is 23.6 Å². The number of carbonyl (C=O) groups excluding carboxylic acids is 1. The van der Waals surface area contributed by atoms with Crippen molar-refractivity contribution in [2.24, 2.45) is 0 Å². The number of rotatable bonds is 5. The molecule has 0 N–H and O–H groups in total. The summed E-state index contributed by atoms with van der Waals surface area (Å²) in [6.07, 6.45) is 1.70. The molecule has 0 aliphatic carbocycles. The van der Waals surface area contributed by atoms with Crippen molar-refractivity contribution in [2.75, 3.05) is 25.7 Å². The molecule has 0 saturated carbocycles. The molecule has 0 bridgehead atoms. The van der Waals surface area contributed by atoms with Crippen molar-refractivity contribution in [3.05, 3.63) is 46.6 Å². The molecular formula is C18H21N3O2S. The van der Waals surface area contributed by atoms with Gasteiger partial charge < -0.3 is 9.30 Å². The summed E-state index contributed by atoms with van der Waals surface area (Å²) >= 11 is 1.45. The van der Waals surface area contributed by atoms with E-state index >= 15 is 0 Å². The highest BCUT2D eigenvalue weighted by atomic mass is 32.1. The number of anilines is 1. The standard InChI is InChI=1S/C18H21N3O2S/c1-12-13(2)21(8-9-23-4)16-6-5-14(11-15(12)16)17(22)20(3)18-19-7-10-24-18/h5-7,10-11H,8-9H2,1-4H3. The second-order valence-corrected chi connectivity index (χ2v) is 6.64. The highest BCUT2D eigenvalue weighted by Gasteiger charge is 2.18. The number of thiazole rings is 1. The van der Waals surface area contributed by atoms with Gasteiger partial charge in [0.25, 0.3) is 5.91 Å². The lowest BCUT2D eigenvalue weighted by molar-refractivity contribution is 0.0993. The summed E-state index contributed by atoms with van der Waals surface area (Å²) in [5.41, 5.74) is 4.22. The predicted molar refractivity (Wildman–Crippen MR) is 98.1 cm³/mol. The Kier molecular flexibility index (Phi) is 4.69. The van der Waals surface area contributed by atoms with E-state index in [1.54, 1.807) is 25.3 Å². The van der Waals surface area contributed by atoms with Gasteiger partial charge in [-0.25, -0.2) is 4.98 Å². The van der Waals surface area contributed by atoms with Crippen molar-refractivity contribution in [1.29, 1.82) is 0 Å². The lowest BCUT2D eigenvalue weighted by Crippen LogP contribution is -2.25. The molecule has 24 heavy (non-hydrogen) atoms. The van der Waals surface area contributed by atoms with Crippen LogP contribution in [0, 0.1) is 13.8 Å². The van der Waals surface area contributed by atoms with Gasteiger partial charge in [0.1, 0.15) is 0 Å². The van der Waals surface area contributed by atoms with Gasteiger partial charge in [0.2, 0.25) is 0 Å². The van der Waals surface area contributed by atoms with Gasteiger partial charge in [-0.05, 0) is 37.6 Å². The van der Waals surface area contributed by atoms with Gasteiger partial charge in [0.15, 0.2) is 5.13 Å². The Bertz CT molecular complexity index is 868. The van der Waals surface area contributed by atoms with E-state index in [2.05, 4.69) is 23.4 Å². The molecule has 1 aromatic carbocycles. The number of hydrogen-bond acceptors (Lipinski definition) is 4. The predicted octanol–water partition coefficient (Wildman–Crippen LogP) is 3.64. The zero-order chi connectivity index (χ0) is 17.3. The topological polar surface area (TPSA) is 47.4 Å². The number of amides is 1. The molecule has 0 saturated heterocycles. The third-order valence-corrected chi connectivity index (χ3v) is 5.26. The molecule has 0 spiro atoms. The van der Waals surface area contributed by atoms with Gasteiger partial charge in [0, 0.05) is 54.4 Å². The van der Waals surface area contributed by atoms with Crippen LogP contribution in [0.1, 0.15) is 21.6 Å². The van der Waals surface area contributed by atoms with E-state index in [-0.39, 0.29) is 5.91 Å². The van der Waals surface area contributed by atoms with E-state index < -0.39 is 0 Å². The van der Waals surface area contributed by atoms with Crippen LogP contribution in [-0.2, 0) is 11.3 Å². The summed E-state index contributed by atoms with van der Waals surface area (Å²) < 4.78 is 7.45. The van der Waals surface area contributed by atoms with Crippen LogP contribution in [0.15, 0.2) is 29.8 Å². The van der Waals surface area contributed by atoms with E-state index in [4.69, 9.17) is 4.74 Å². The minimum absolute atomic E-state index is 0.0476. The third kappa shape index (κ3) is 2.83. The monoisotopic (exact) mass is 343 g/mol. The molecule has 2 heterocycles. The Balaban J connectivity index is 2.00. The zero-order valence-electron chi connectivity index (χ0n) is 14.4. The second-order valence-electron chi connectivity index (χ2n) is 5.77.